The van der Waals surface area contributed by atoms with Crippen LogP contribution in [0.25, 0.3) is 17.0 Å². The number of aromatic amines is 1. The third kappa shape index (κ3) is 6.52. The summed E-state index contributed by atoms with van der Waals surface area (Å²) in [4.78, 5) is 18.3. The van der Waals surface area contributed by atoms with Gasteiger partial charge in [0.05, 0.1) is 10.0 Å². The van der Waals surface area contributed by atoms with Crippen molar-refractivity contribution in [1.82, 2.24) is 15.2 Å². The Morgan fingerprint density at radius 2 is 1.95 bits per heavy atom. The molecule has 2 aromatic carbocycles. The molecule has 2 aliphatic rings. The van der Waals surface area contributed by atoms with Gasteiger partial charge >= 0.3 is 0 Å². The van der Waals surface area contributed by atoms with E-state index in [2.05, 4.69) is 33.7 Å². The van der Waals surface area contributed by atoms with Gasteiger partial charge < -0.3 is 20.3 Å². The highest BCUT2D eigenvalue weighted by molar-refractivity contribution is 6.42. The number of nitrogens with one attached hydrogen (secondary N) is 2. The second kappa shape index (κ2) is 11.7. The normalized spacial score (nSPS) is 21.8. The minimum atomic E-state index is -0.0670. The van der Waals surface area contributed by atoms with Crippen molar-refractivity contribution >= 4 is 46.1 Å². The van der Waals surface area contributed by atoms with Gasteiger partial charge in [0.1, 0.15) is 5.75 Å². The number of hydrogen-bond donors (Lipinski definition) is 3. The average molecular weight is 539 g/mol. The van der Waals surface area contributed by atoms with Crippen LogP contribution >= 0.6 is 23.2 Å². The molecule has 1 amide bonds. The zero-order chi connectivity index (χ0) is 25.8. The molecule has 3 N–H and O–H groups in total. The number of H-pyrrole nitrogens is 1. The first-order chi connectivity index (χ1) is 17.9. The molecule has 3 aromatic rings. The van der Waals surface area contributed by atoms with Crippen molar-refractivity contribution in [3.63, 3.8) is 0 Å². The van der Waals surface area contributed by atoms with Crippen LogP contribution in [0, 0.1) is 5.92 Å². The summed E-state index contributed by atoms with van der Waals surface area (Å²) in [6, 6.07) is 11.6. The van der Waals surface area contributed by atoms with Crippen molar-refractivity contribution in [3.05, 3.63) is 82.1 Å². The zero-order valence-electron chi connectivity index (χ0n) is 20.8. The van der Waals surface area contributed by atoms with Gasteiger partial charge in [-0.3, -0.25) is 4.79 Å². The standard InChI is InChI=1S/C30H33Cl2N3O2/c31-27-12-5-20(16-28(27)32)6-14-30(37)34-23-8-3-21(4-9-23)19-35-15-1-2-24(35)10-7-22-18-33-29-13-11-25(36)17-26(22)29/h1,5-6,11-18,21,23-24,33,36H,2-4,7-10,19H2,(H,34,37)/b14-6+. The molecular weight excluding hydrogens is 505 g/mol. The monoisotopic (exact) mass is 537 g/mol. The number of carbonyl (C=O) groups excluding carboxylic acids is 1. The lowest BCUT2D eigenvalue weighted by Gasteiger charge is -2.34. The van der Waals surface area contributed by atoms with Gasteiger partial charge in [-0.05, 0) is 105 Å². The topological polar surface area (TPSA) is 68.4 Å². The van der Waals surface area contributed by atoms with Gasteiger partial charge in [-0.1, -0.05) is 35.3 Å². The van der Waals surface area contributed by atoms with Crippen LogP contribution in [0.2, 0.25) is 10.0 Å². The van der Waals surface area contributed by atoms with Crippen molar-refractivity contribution in [2.24, 2.45) is 5.92 Å². The van der Waals surface area contributed by atoms with E-state index in [1.54, 1.807) is 30.4 Å². The SMILES string of the molecule is O=C(/C=C/c1ccc(Cl)c(Cl)c1)NC1CCC(CN2C=CCC2CCc2c[nH]c3ccc(O)cc23)CC1. The van der Waals surface area contributed by atoms with Crippen molar-refractivity contribution in [1.29, 1.82) is 0 Å². The first-order valence-corrected chi connectivity index (χ1v) is 13.8. The highest BCUT2D eigenvalue weighted by Gasteiger charge is 2.27. The predicted molar refractivity (Wildman–Crippen MR) is 152 cm³/mol. The van der Waals surface area contributed by atoms with E-state index in [9.17, 15) is 9.90 Å². The fourth-order valence-corrected chi connectivity index (χ4v) is 5.93. The Kier molecular flexibility index (Phi) is 8.11. The summed E-state index contributed by atoms with van der Waals surface area (Å²) in [6.07, 6.45) is 17.4. The lowest BCUT2D eigenvalue weighted by Crippen LogP contribution is -2.39. The van der Waals surface area contributed by atoms with Crippen LogP contribution in [-0.4, -0.2) is 39.5 Å². The number of aromatic nitrogens is 1. The minimum absolute atomic E-state index is 0.0670. The Labute approximate surface area is 228 Å². The molecular formula is C30H33Cl2N3O2. The molecule has 1 unspecified atom stereocenters. The lowest BCUT2D eigenvalue weighted by molar-refractivity contribution is -0.117. The largest absolute Gasteiger partial charge is 0.508 e. The van der Waals surface area contributed by atoms with Crippen LogP contribution in [0.1, 0.15) is 49.7 Å². The average Bonchev–Trinajstić information content (AvgIpc) is 3.50. The summed E-state index contributed by atoms with van der Waals surface area (Å²) in [7, 11) is 0. The summed E-state index contributed by atoms with van der Waals surface area (Å²) < 4.78 is 0. The summed E-state index contributed by atoms with van der Waals surface area (Å²) in [5, 5.41) is 15.1. The molecule has 7 heteroatoms. The third-order valence-corrected chi connectivity index (χ3v) is 8.44. The molecule has 5 rings (SSSR count). The quantitative estimate of drug-likeness (QED) is 0.268. The van der Waals surface area contributed by atoms with Gasteiger partial charge in [0.2, 0.25) is 5.91 Å². The van der Waals surface area contributed by atoms with Crippen molar-refractivity contribution in [2.75, 3.05) is 6.54 Å². The number of halogens is 2. The molecule has 2 heterocycles. The third-order valence-electron chi connectivity index (χ3n) is 7.70. The molecule has 0 spiro atoms. The number of hydrogen-bond acceptors (Lipinski definition) is 3. The molecule has 0 saturated heterocycles. The molecule has 5 nitrogen and oxygen atoms in total. The van der Waals surface area contributed by atoms with Gasteiger partial charge in [-0.25, -0.2) is 0 Å². The molecule has 0 radical (unpaired) electrons. The molecule has 37 heavy (non-hydrogen) atoms. The molecule has 1 fully saturated rings. The predicted octanol–water partition coefficient (Wildman–Crippen LogP) is 7.09. The Morgan fingerprint density at radius 1 is 1.11 bits per heavy atom. The number of phenolic OH excluding ortho intramolecular Hbond substituents is 1. The second-order valence-electron chi connectivity index (χ2n) is 10.3. The van der Waals surface area contributed by atoms with Crippen LogP contribution in [0.15, 0.2) is 60.9 Å². The summed E-state index contributed by atoms with van der Waals surface area (Å²) in [5.41, 5.74) is 3.19. The van der Waals surface area contributed by atoms with Crippen LogP contribution in [0.4, 0.5) is 0 Å². The van der Waals surface area contributed by atoms with Crippen LogP contribution in [0.5, 0.6) is 5.75 Å². The first kappa shape index (κ1) is 25.7. The first-order valence-electron chi connectivity index (χ1n) is 13.1. The number of amides is 1. The fourth-order valence-electron chi connectivity index (χ4n) is 5.62. The maximum Gasteiger partial charge on any atom is 0.244 e. The summed E-state index contributed by atoms with van der Waals surface area (Å²) >= 11 is 12.0. The van der Waals surface area contributed by atoms with Crippen LogP contribution in [0.3, 0.4) is 0 Å². The Balaban J connectivity index is 1.06. The van der Waals surface area contributed by atoms with E-state index in [-0.39, 0.29) is 11.9 Å². The molecule has 0 bridgehead atoms. The van der Waals surface area contributed by atoms with Crippen LogP contribution < -0.4 is 5.32 Å². The van der Waals surface area contributed by atoms with Gasteiger partial charge in [0.25, 0.3) is 0 Å². The van der Waals surface area contributed by atoms with E-state index in [1.807, 2.05) is 18.2 Å². The van der Waals surface area contributed by atoms with E-state index in [0.717, 1.165) is 68.0 Å². The van der Waals surface area contributed by atoms with E-state index in [1.165, 1.54) is 5.56 Å². The molecule has 1 aromatic heterocycles. The maximum absolute atomic E-state index is 12.4. The molecule has 1 atom stereocenters. The Morgan fingerprint density at radius 3 is 2.76 bits per heavy atom. The maximum atomic E-state index is 12.4. The second-order valence-corrected chi connectivity index (χ2v) is 11.1. The Bertz CT molecular complexity index is 1310. The van der Waals surface area contributed by atoms with Crippen LogP contribution in [-0.2, 0) is 11.2 Å². The molecule has 1 aliphatic heterocycles. The highest BCUT2D eigenvalue weighted by Crippen LogP contribution is 2.30. The fraction of sp³-hybridized carbons (Fsp3) is 0.367. The van der Waals surface area contributed by atoms with E-state index < -0.39 is 0 Å². The van der Waals surface area contributed by atoms with E-state index in [4.69, 9.17) is 23.2 Å². The van der Waals surface area contributed by atoms with E-state index >= 15 is 0 Å². The summed E-state index contributed by atoms with van der Waals surface area (Å²) in [5.74, 6) is 0.893. The lowest BCUT2D eigenvalue weighted by atomic mass is 9.85. The van der Waals surface area contributed by atoms with Crippen molar-refractivity contribution in [2.45, 2.75) is 57.0 Å². The molecule has 1 saturated carbocycles. The van der Waals surface area contributed by atoms with Crippen molar-refractivity contribution in [3.8, 4) is 5.75 Å². The minimum Gasteiger partial charge on any atom is -0.508 e. The molecule has 1 aliphatic carbocycles. The smallest absolute Gasteiger partial charge is 0.244 e. The number of aryl methyl sites for hydroxylation is 1. The number of aromatic hydroxyl groups is 1. The van der Waals surface area contributed by atoms with Gasteiger partial charge in [-0.15, -0.1) is 0 Å². The van der Waals surface area contributed by atoms with E-state index in [0.29, 0.717) is 27.8 Å². The van der Waals surface area contributed by atoms with Gasteiger partial charge in [0.15, 0.2) is 0 Å². The van der Waals surface area contributed by atoms with Gasteiger partial charge in [0, 0.05) is 41.8 Å². The molecule has 194 valence electrons. The number of carbonyl (C=O) groups is 1. The number of benzene rings is 2. The van der Waals surface area contributed by atoms with Gasteiger partial charge in [-0.2, -0.15) is 0 Å². The zero-order valence-corrected chi connectivity index (χ0v) is 22.3. The van der Waals surface area contributed by atoms with Crippen molar-refractivity contribution < 1.29 is 9.90 Å². The summed E-state index contributed by atoms with van der Waals surface area (Å²) in [6.45, 7) is 1.08. The number of nitrogens with zero attached hydrogens (tertiary/aromatic N) is 1. The Hall–Kier alpha value is -2.89. The number of rotatable bonds is 8. The number of phenols is 1. The number of fused-ring (bicyclic) bond motifs is 1. The highest BCUT2D eigenvalue weighted by atomic mass is 35.5.